The molecular formula is C20H25N3O2. The zero-order chi connectivity index (χ0) is 17.1. The maximum atomic E-state index is 6.00. The Morgan fingerprint density at radius 3 is 3.16 bits per heavy atom. The summed E-state index contributed by atoms with van der Waals surface area (Å²) < 4.78 is 12.0. The number of H-pyrrole nitrogens is 1. The summed E-state index contributed by atoms with van der Waals surface area (Å²) in [6, 6.07) is 10.2. The van der Waals surface area contributed by atoms with E-state index in [-0.39, 0.29) is 0 Å². The number of benzene rings is 1. The smallest absolute Gasteiger partial charge is 0.153 e. The molecule has 0 radical (unpaired) electrons. The predicted octanol–water partition coefficient (Wildman–Crippen LogP) is 4.21. The highest BCUT2D eigenvalue weighted by Gasteiger charge is 2.22. The Morgan fingerprint density at radius 2 is 2.28 bits per heavy atom. The molecule has 2 aromatic heterocycles. The Labute approximate surface area is 148 Å². The van der Waals surface area contributed by atoms with Crippen LogP contribution in [0.5, 0.6) is 0 Å². The van der Waals surface area contributed by atoms with Crippen molar-refractivity contribution >= 4 is 11.0 Å². The molecule has 1 N–H and O–H groups in total. The second-order valence-electron chi connectivity index (χ2n) is 6.79. The molecule has 1 aliphatic heterocycles. The third kappa shape index (κ3) is 3.62. The number of nitrogens with zero attached hydrogens (tertiary/aromatic N) is 2. The van der Waals surface area contributed by atoms with Crippen molar-refractivity contribution in [2.24, 2.45) is 0 Å². The van der Waals surface area contributed by atoms with Crippen LogP contribution >= 0.6 is 0 Å². The van der Waals surface area contributed by atoms with E-state index in [1.54, 1.807) is 0 Å². The Balaban J connectivity index is 1.49. The lowest BCUT2D eigenvalue weighted by Gasteiger charge is -2.32. The minimum atomic E-state index is 0.357. The molecule has 4 rings (SSSR count). The summed E-state index contributed by atoms with van der Waals surface area (Å²) in [5.74, 6) is 0.851. The highest BCUT2D eigenvalue weighted by atomic mass is 16.5. The Bertz CT molecular complexity index is 790. The van der Waals surface area contributed by atoms with Crippen LogP contribution in [-0.2, 0) is 11.3 Å². The molecule has 0 amide bonds. The van der Waals surface area contributed by atoms with Crippen molar-refractivity contribution in [3.63, 3.8) is 0 Å². The van der Waals surface area contributed by atoms with Gasteiger partial charge in [-0.25, -0.2) is 0 Å². The van der Waals surface area contributed by atoms with Crippen molar-refractivity contribution in [3.8, 4) is 11.5 Å². The first-order valence-electron chi connectivity index (χ1n) is 9.18. The largest absolute Gasteiger partial charge is 0.454 e. The first-order chi connectivity index (χ1) is 12.3. The molecule has 1 saturated heterocycles. The highest BCUT2D eigenvalue weighted by molar-refractivity contribution is 5.82. The SMILES string of the molecule is CCCOC1CCCN(Cc2cn[nH]c2-c2cc3ccccc3o2)C1. The number of hydrogen-bond acceptors (Lipinski definition) is 4. The number of ether oxygens (including phenoxy) is 1. The third-order valence-corrected chi connectivity index (χ3v) is 4.80. The summed E-state index contributed by atoms with van der Waals surface area (Å²) in [7, 11) is 0. The van der Waals surface area contributed by atoms with E-state index in [4.69, 9.17) is 9.15 Å². The number of aromatic amines is 1. The molecule has 1 aliphatic rings. The number of likely N-dealkylation sites (tertiary alicyclic amines) is 1. The van der Waals surface area contributed by atoms with Gasteiger partial charge in [-0.15, -0.1) is 0 Å². The van der Waals surface area contributed by atoms with Gasteiger partial charge in [-0.3, -0.25) is 10.00 Å². The molecule has 0 spiro atoms. The van der Waals surface area contributed by atoms with Gasteiger partial charge < -0.3 is 9.15 Å². The monoisotopic (exact) mass is 339 g/mol. The molecule has 1 fully saturated rings. The van der Waals surface area contributed by atoms with E-state index in [0.29, 0.717) is 6.10 Å². The summed E-state index contributed by atoms with van der Waals surface area (Å²) >= 11 is 0. The van der Waals surface area contributed by atoms with Gasteiger partial charge in [0, 0.05) is 30.6 Å². The van der Waals surface area contributed by atoms with E-state index >= 15 is 0 Å². The van der Waals surface area contributed by atoms with Crippen LogP contribution in [0.25, 0.3) is 22.4 Å². The van der Waals surface area contributed by atoms with E-state index in [9.17, 15) is 0 Å². The van der Waals surface area contributed by atoms with Crippen LogP contribution in [0.4, 0.5) is 0 Å². The number of para-hydroxylation sites is 1. The van der Waals surface area contributed by atoms with Gasteiger partial charge >= 0.3 is 0 Å². The lowest BCUT2D eigenvalue weighted by atomic mass is 10.1. The van der Waals surface area contributed by atoms with E-state index in [1.807, 2.05) is 24.4 Å². The molecule has 0 aliphatic carbocycles. The fourth-order valence-corrected chi connectivity index (χ4v) is 3.57. The molecule has 1 unspecified atom stereocenters. The minimum Gasteiger partial charge on any atom is -0.454 e. The number of aromatic nitrogens is 2. The molecular weight excluding hydrogens is 314 g/mol. The topological polar surface area (TPSA) is 54.3 Å². The first-order valence-corrected chi connectivity index (χ1v) is 9.18. The highest BCUT2D eigenvalue weighted by Crippen LogP contribution is 2.29. The van der Waals surface area contributed by atoms with Gasteiger partial charge in [0.2, 0.25) is 0 Å². The maximum Gasteiger partial charge on any atom is 0.153 e. The van der Waals surface area contributed by atoms with Gasteiger partial charge in [0.15, 0.2) is 5.76 Å². The quantitative estimate of drug-likeness (QED) is 0.731. The molecule has 3 heterocycles. The summed E-state index contributed by atoms with van der Waals surface area (Å²) in [5, 5.41) is 8.49. The third-order valence-electron chi connectivity index (χ3n) is 4.80. The zero-order valence-corrected chi connectivity index (χ0v) is 14.7. The lowest BCUT2D eigenvalue weighted by Crippen LogP contribution is -2.39. The Kier molecular flexibility index (Phi) is 4.85. The Hall–Kier alpha value is -2.11. The summed E-state index contributed by atoms with van der Waals surface area (Å²) in [6.45, 7) is 5.98. The number of nitrogens with one attached hydrogen (secondary N) is 1. The molecule has 132 valence electrons. The number of fused-ring (bicyclic) bond motifs is 1. The fraction of sp³-hybridized carbons (Fsp3) is 0.450. The molecule has 25 heavy (non-hydrogen) atoms. The van der Waals surface area contributed by atoms with Crippen LogP contribution in [0.2, 0.25) is 0 Å². The van der Waals surface area contributed by atoms with Gasteiger partial charge in [-0.05, 0) is 37.9 Å². The molecule has 1 atom stereocenters. The lowest BCUT2D eigenvalue weighted by molar-refractivity contribution is -0.00219. The molecule has 1 aromatic carbocycles. The Morgan fingerprint density at radius 1 is 1.36 bits per heavy atom. The van der Waals surface area contributed by atoms with Crippen LogP contribution in [0, 0.1) is 0 Å². The van der Waals surface area contributed by atoms with Crippen molar-refractivity contribution in [1.29, 1.82) is 0 Å². The van der Waals surface area contributed by atoms with Crippen molar-refractivity contribution in [3.05, 3.63) is 42.1 Å². The van der Waals surface area contributed by atoms with Crippen LogP contribution in [-0.4, -0.2) is 40.9 Å². The van der Waals surface area contributed by atoms with Crippen molar-refractivity contribution < 1.29 is 9.15 Å². The standard InChI is InChI=1S/C20H25N3O2/c1-2-10-24-17-7-5-9-23(14-17)13-16-12-21-22-20(16)19-11-15-6-3-4-8-18(15)25-19/h3-4,6,8,11-12,17H,2,5,7,9-10,13-14H2,1H3,(H,21,22). The van der Waals surface area contributed by atoms with Gasteiger partial charge in [-0.1, -0.05) is 25.1 Å². The van der Waals surface area contributed by atoms with Gasteiger partial charge in [-0.2, -0.15) is 5.10 Å². The summed E-state index contributed by atoms with van der Waals surface area (Å²) in [4.78, 5) is 2.46. The number of rotatable bonds is 6. The number of piperidine rings is 1. The van der Waals surface area contributed by atoms with Gasteiger partial charge in [0.25, 0.3) is 0 Å². The minimum absolute atomic E-state index is 0.357. The van der Waals surface area contributed by atoms with Crippen molar-refractivity contribution in [2.75, 3.05) is 19.7 Å². The predicted molar refractivity (Wildman–Crippen MR) is 98.3 cm³/mol. The second-order valence-corrected chi connectivity index (χ2v) is 6.79. The van der Waals surface area contributed by atoms with Crippen LogP contribution < -0.4 is 0 Å². The molecule has 0 bridgehead atoms. The number of furan rings is 1. The summed E-state index contributed by atoms with van der Waals surface area (Å²) in [6.07, 6.45) is 5.70. The zero-order valence-electron chi connectivity index (χ0n) is 14.7. The molecule has 5 nitrogen and oxygen atoms in total. The first kappa shape index (κ1) is 16.4. The van der Waals surface area contributed by atoms with Gasteiger partial charge in [0.1, 0.15) is 11.3 Å². The average Bonchev–Trinajstić information content (AvgIpc) is 3.26. The van der Waals surface area contributed by atoms with E-state index in [2.05, 4.69) is 34.2 Å². The normalized spacial score (nSPS) is 18.8. The maximum absolute atomic E-state index is 6.00. The molecule has 5 heteroatoms. The van der Waals surface area contributed by atoms with Crippen LogP contribution in [0.3, 0.4) is 0 Å². The fourth-order valence-electron chi connectivity index (χ4n) is 3.57. The summed E-state index contributed by atoms with van der Waals surface area (Å²) in [5.41, 5.74) is 3.06. The van der Waals surface area contributed by atoms with E-state index in [1.165, 1.54) is 12.0 Å². The van der Waals surface area contributed by atoms with E-state index in [0.717, 1.165) is 61.5 Å². The van der Waals surface area contributed by atoms with Crippen molar-refractivity contribution in [1.82, 2.24) is 15.1 Å². The van der Waals surface area contributed by atoms with Crippen LogP contribution in [0.1, 0.15) is 31.7 Å². The molecule has 3 aromatic rings. The average molecular weight is 339 g/mol. The second kappa shape index (κ2) is 7.42. The molecule has 0 saturated carbocycles. The van der Waals surface area contributed by atoms with Crippen LogP contribution in [0.15, 0.2) is 40.9 Å². The van der Waals surface area contributed by atoms with Crippen molar-refractivity contribution in [2.45, 2.75) is 38.8 Å². The van der Waals surface area contributed by atoms with Gasteiger partial charge in [0.05, 0.1) is 12.3 Å². The number of hydrogen-bond donors (Lipinski definition) is 1. The van der Waals surface area contributed by atoms with E-state index < -0.39 is 0 Å².